The Bertz CT molecular complexity index is 5390. The van der Waals surface area contributed by atoms with Gasteiger partial charge in [0.15, 0.2) is 17.5 Å². The summed E-state index contributed by atoms with van der Waals surface area (Å²) in [6.07, 6.45) is 2.60. The number of aromatic amines is 1. The minimum Gasteiger partial charge on any atom is -0.508 e. The van der Waals surface area contributed by atoms with Crippen LogP contribution in [0.5, 0.6) is 5.75 Å². The summed E-state index contributed by atoms with van der Waals surface area (Å²) >= 11 is 0.698. The molecule has 3 aliphatic heterocycles. The fraction of sp³-hybridized carbons (Fsp3) is 0.465. The van der Waals surface area contributed by atoms with Gasteiger partial charge in [-0.2, -0.15) is 0 Å². The maximum atomic E-state index is 15.9. The Morgan fingerprint density at radius 3 is 1.67 bits per heavy atom. The predicted octanol–water partition coefficient (Wildman–Crippen LogP) is 2.77. The molecule has 13 atom stereocenters. The second-order valence-corrected chi connectivity index (χ2v) is 36.7. The van der Waals surface area contributed by atoms with Gasteiger partial charge in [0.1, 0.15) is 78.3 Å². The number of piperidine rings is 1. The topological polar surface area (TPSA) is 521 Å². The standard InChI is InChI=1S/C99H128F3N19O16S/c1-7-8-29-80-98(136)121-42-21-31-79(121)93(131)114-76(52-105)91(129)116-86(58(2)3)99(137)118(5)81(48-59-22-11-9-12-23-59)94(132)113-75(46-61-32-34-63(51-104)35-33-61)96(134)120-41-20-18-30-78(120)92(130)108-54-66(50-65-53-107-71-27-16-15-26-68(65)71)87(125)112-73(45-62-36-38-67(122)39-37-62)90(128)111-72(28-17-19-40-103)89(127)115-77(88(126)109-55-83(106)123)56-138-57-84(124)110-74(47-64-43-69(100)85(102)70(101)44-64)95(133)119(6)82(97(135)117(80)4)49-60-24-13-10-14-25-60/h9-16,22-27,32-39,43-44,53,58,66,72-82,86,107,122H,7-8,17-21,28-31,40-42,45-52,54-57,103-105H2,1-6H3,(H2,106,123)(H,108,130)(H,109,126)(H,110,124)(H,111,128)(H,112,125)(H,113,132)(H,114,131)(H,115,127)(H,116,129)/t66-,72+,73+,74+,75+,76+,77+,78-,79-,80+,81+,82+,86+/m1/s1. The molecule has 19 N–H and O–H groups in total. The summed E-state index contributed by atoms with van der Waals surface area (Å²) in [5.41, 5.74) is 27.6. The predicted molar refractivity (Wildman–Crippen MR) is 512 cm³/mol. The summed E-state index contributed by atoms with van der Waals surface area (Å²) in [5.74, 6) is -21.4. The number of para-hydroxylation sites is 1. The van der Waals surface area contributed by atoms with Crippen molar-refractivity contribution < 1.29 is 90.2 Å². The average Bonchev–Trinajstić information content (AvgIpc) is 1.48. The number of halogens is 3. The molecule has 39 heteroatoms. The molecule has 10 rings (SSSR count). The number of amides is 15. The summed E-state index contributed by atoms with van der Waals surface area (Å²) in [6.45, 7) is 3.77. The number of primary amides is 1. The van der Waals surface area contributed by atoms with Crippen LogP contribution in [-0.2, 0) is 117 Å². The number of nitrogens with two attached hydrogens (primary N) is 4. The zero-order chi connectivity index (χ0) is 100.0. The molecule has 4 heterocycles. The molecule has 15 amide bonds. The van der Waals surface area contributed by atoms with Gasteiger partial charge in [0.2, 0.25) is 88.6 Å². The molecular formula is C99H128F3N19O16S. The zero-order valence-electron chi connectivity index (χ0n) is 78.6. The number of phenolic OH excluding ortho intramolecular Hbond substituents is 1. The Hall–Kier alpha value is -13.3. The number of carbonyl (C=O) groups excluding carboxylic acids is 15. The lowest BCUT2D eigenvalue weighted by molar-refractivity contribution is -0.152. The molecule has 0 saturated carbocycles. The number of hydrogen-bond acceptors (Lipinski definition) is 20. The fourth-order valence-corrected chi connectivity index (χ4v) is 18.3. The molecule has 0 spiro atoms. The van der Waals surface area contributed by atoms with Gasteiger partial charge in [-0.3, -0.25) is 71.9 Å². The van der Waals surface area contributed by atoms with E-state index in [0.717, 1.165) is 20.3 Å². The Morgan fingerprint density at radius 1 is 0.500 bits per heavy atom. The first-order valence-electron chi connectivity index (χ1n) is 46.8. The highest BCUT2D eigenvalue weighted by Gasteiger charge is 2.46. The van der Waals surface area contributed by atoms with Crippen LogP contribution in [0, 0.1) is 29.3 Å². The van der Waals surface area contributed by atoms with Crippen molar-refractivity contribution in [2.45, 2.75) is 209 Å². The summed E-state index contributed by atoms with van der Waals surface area (Å²) in [7, 11) is 3.95. The third kappa shape index (κ3) is 29.4. The highest BCUT2D eigenvalue weighted by atomic mass is 32.2. The SMILES string of the molecule is CCCC[C@H]1C(=O)N2CCC[C@@H]2C(=O)N[C@@H](CN)C(=O)N[C@@H](C(C)C)C(=O)N(C)[C@@H](Cc2ccccc2)C(=O)N[C@@H](Cc2ccc(CN)cc2)C(=O)N2CCCC[C@@H]2C(=O)NC[C@@H](Cc2c[nH]c3ccccc23)C(=O)N[C@@H](Cc2ccc(O)cc2)C(=O)N[C@@H](CCCCN)C(=O)N[C@H](C(=O)NCC(N)=O)CSCC(=O)N[C@@H](Cc2cc(F)c(F)c(F)c2)C(=O)N(C)[C@@H](Cc2ccccc2)C(=O)N1C. The van der Waals surface area contributed by atoms with Gasteiger partial charge in [0, 0.05) is 109 Å². The van der Waals surface area contributed by atoms with E-state index in [1.54, 1.807) is 117 Å². The van der Waals surface area contributed by atoms with Crippen molar-refractivity contribution in [2.24, 2.45) is 34.8 Å². The van der Waals surface area contributed by atoms with Crippen LogP contribution in [0.25, 0.3) is 10.9 Å². The molecule has 742 valence electrons. The number of aromatic nitrogens is 1. The number of thioether (sulfide) groups is 1. The van der Waals surface area contributed by atoms with Crippen molar-refractivity contribution in [3.05, 3.63) is 208 Å². The second kappa shape index (κ2) is 51.8. The van der Waals surface area contributed by atoms with Gasteiger partial charge in [-0.15, -0.1) is 11.8 Å². The molecule has 138 heavy (non-hydrogen) atoms. The van der Waals surface area contributed by atoms with Gasteiger partial charge in [-0.1, -0.05) is 149 Å². The molecule has 0 radical (unpaired) electrons. The number of rotatable bonds is 25. The Morgan fingerprint density at radius 2 is 1.04 bits per heavy atom. The van der Waals surface area contributed by atoms with Gasteiger partial charge in [0.25, 0.3) is 0 Å². The van der Waals surface area contributed by atoms with Crippen LogP contribution < -0.4 is 70.8 Å². The molecule has 1 aromatic heterocycles. The molecule has 3 aliphatic rings. The number of H-pyrrole nitrogens is 1. The van der Waals surface area contributed by atoms with Crippen molar-refractivity contribution in [3.63, 3.8) is 0 Å². The van der Waals surface area contributed by atoms with Crippen LogP contribution in [0.1, 0.15) is 130 Å². The quantitative estimate of drug-likeness (QED) is 0.0289. The molecule has 35 nitrogen and oxygen atoms in total. The van der Waals surface area contributed by atoms with Gasteiger partial charge < -0.3 is 105 Å². The lowest BCUT2D eigenvalue weighted by Crippen LogP contribution is -2.63. The number of hydrogen-bond donors (Lipinski definition) is 15. The third-order valence-corrected chi connectivity index (χ3v) is 26.4. The molecular weight excluding hydrogens is 1800 g/mol. The highest BCUT2D eigenvalue weighted by molar-refractivity contribution is 8.00. The maximum absolute atomic E-state index is 15.9. The molecule has 6 aromatic carbocycles. The van der Waals surface area contributed by atoms with E-state index in [1.165, 1.54) is 55.2 Å². The normalized spacial score (nSPS) is 23.3. The van der Waals surface area contributed by atoms with E-state index in [9.17, 15) is 33.5 Å². The van der Waals surface area contributed by atoms with Crippen molar-refractivity contribution in [1.82, 2.24) is 77.3 Å². The third-order valence-electron chi connectivity index (χ3n) is 25.4. The van der Waals surface area contributed by atoms with Gasteiger partial charge in [0.05, 0.1) is 18.2 Å². The number of nitrogens with one attached hydrogen (secondary N) is 10. The highest BCUT2D eigenvalue weighted by Crippen LogP contribution is 2.29. The lowest BCUT2D eigenvalue weighted by atomic mass is 9.95. The number of fused-ring (bicyclic) bond motifs is 3. The summed E-state index contributed by atoms with van der Waals surface area (Å²) in [4.78, 5) is 235. The summed E-state index contributed by atoms with van der Waals surface area (Å²) in [6, 6.07) is 20.5. The number of phenols is 1. The number of benzene rings is 6. The lowest BCUT2D eigenvalue weighted by Gasteiger charge is -2.38. The Balaban J connectivity index is 1.05. The smallest absolute Gasteiger partial charge is 0.246 e. The number of aromatic hydroxyl groups is 1. The first-order chi connectivity index (χ1) is 66.1. The fourth-order valence-electron chi connectivity index (χ4n) is 17.4. The van der Waals surface area contributed by atoms with Crippen LogP contribution >= 0.6 is 11.8 Å². The van der Waals surface area contributed by atoms with E-state index in [4.69, 9.17) is 22.9 Å². The summed E-state index contributed by atoms with van der Waals surface area (Å²) < 4.78 is 45.2. The number of nitrogens with zero attached hydrogens (tertiary/aromatic N) is 5. The molecule has 3 saturated heterocycles. The number of unbranched alkanes of at least 4 members (excludes halogenated alkanes) is 2. The molecule has 0 bridgehead atoms. The zero-order valence-corrected chi connectivity index (χ0v) is 79.4. The van der Waals surface area contributed by atoms with Gasteiger partial charge in [-0.05, 0) is 146 Å². The maximum Gasteiger partial charge on any atom is 0.246 e. The van der Waals surface area contributed by atoms with Crippen LogP contribution in [0.4, 0.5) is 13.2 Å². The first kappa shape index (κ1) is 107. The van der Waals surface area contributed by atoms with E-state index in [0.29, 0.717) is 94.7 Å². The van der Waals surface area contributed by atoms with Crippen molar-refractivity contribution in [1.29, 1.82) is 0 Å². The van der Waals surface area contributed by atoms with Crippen molar-refractivity contribution >= 4 is 111 Å². The van der Waals surface area contributed by atoms with Crippen molar-refractivity contribution in [3.8, 4) is 5.75 Å². The van der Waals surface area contributed by atoms with Gasteiger partial charge >= 0.3 is 0 Å². The largest absolute Gasteiger partial charge is 0.508 e. The van der Waals surface area contributed by atoms with Gasteiger partial charge in [-0.25, -0.2) is 13.2 Å². The van der Waals surface area contributed by atoms with Crippen LogP contribution in [0.15, 0.2) is 152 Å². The second-order valence-electron chi connectivity index (χ2n) is 35.7. The first-order valence-corrected chi connectivity index (χ1v) is 47.9. The minimum absolute atomic E-state index is 0.00702. The van der Waals surface area contributed by atoms with E-state index < -0.39 is 228 Å². The van der Waals surface area contributed by atoms with E-state index >= 15 is 56.7 Å². The van der Waals surface area contributed by atoms with Crippen LogP contribution in [0.3, 0.4) is 0 Å². The number of likely N-dealkylation sites (N-methyl/N-ethyl adjacent to an activating group) is 3. The number of carbonyl (C=O) groups is 15. The molecule has 7 aromatic rings. The van der Waals surface area contributed by atoms with E-state index in [1.807, 2.05) is 19.1 Å². The van der Waals surface area contributed by atoms with E-state index in [2.05, 4.69) is 52.8 Å². The summed E-state index contributed by atoms with van der Waals surface area (Å²) in [5, 5.41) is 35.8. The molecule has 0 unspecified atom stereocenters. The molecule has 3 fully saturated rings. The molecule has 0 aliphatic carbocycles. The van der Waals surface area contributed by atoms with Crippen LogP contribution in [-0.4, -0.2) is 268 Å². The van der Waals surface area contributed by atoms with Crippen LogP contribution in [0.2, 0.25) is 0 Å². The Kier molecular flexibility index (Phi) is 40.1. The average molecular weight is 1930 g/mol. The Labute approximate surface area is 804 Å². The minimum atomic E-state index is -1.84. The van der Waals surface area contributed by atoms with Crippen molar-refractivity contribution in [2.75, 3.05) is 71.9 Å². The van der Waals surface area contributed by atoms with E-state index in [-0.39, 0.29) is 108 Å². The monoisotopic (exact) mass is 1930 g/mol.